The molecule has 1 fully saturated rings. The minimum Gasteiger partial charge on any atom is -0.368 e. The van der Waals surface area contributed by atoms with Gasteiger partial charge in [0.2, 0.25) is 35.4 Å². The van der Waals surface area contributed by atoms with Gasteiger partial charge >= 0.3 is 0 Å². The highest BCUT2D eigenvalue weighted by molar-refractivity contribution is 5.97. The molecule has 17 nitrogen and oxygen atoms in total. The van der Waals surface area contributed by atoms with Crippen LogP contribution < -0.4 is 43.8 Å². The number of rotatable bonds is 26. The Morgan fingerprint density at radius 1 is 0.689 bits per heavy atom. The normalized spacial score (nSPS) is 15.7. The average molecular weight is 1010 g/mol. The van der Waals surface area contributed by atoms with Crippen LogP contribution in [0.5, 0.6) is 0 Å². The first-order chi connectivity index (χ1) is 35.8. The van der Waals surface area contributed by atoms with Crippen molar-refractivity contribution in [3.05, 3.63) is 138 Å². The highest BCUT2D eigenvalue weighted by atomic mass is 16.2. The van der Waals surface area contributed by atoms with Gasteiger partial charge in [-0.05, 0) is 71.2 Å². The van der Waals surface area contributed by atoms with E-state index >= 15 is 0 Å². The van der Waals surface area contributed by atoms with Crippen molar-refractivity contribution < 1.29 is 28.8 Å². The maximum Gasteiger partial charge on any atom is 0.243 e. The van der Waals surface area contributed by atoms with Gasteiger partial charge in [0.25, 0.3) is 0 Å². The third-order valence-corrected chi connectivity index (χ3v) is 14.4. The topological polar surface area (TPSA) is 274 Å². The van der Waals surface area contributed by atoms with Gasteiger partial charge in [-0.1, -0.05) is 143 Å². The molecule has 0 aliphatic heterocycles. The van der Waals surface area contributed by atoms with Crippen LogP contribution >= 0.6 is 0 Å². The number of amides is 6. The number of nitrogens with two attached hydrogens (primary N) is 3. The van der Waals surface area contributed by atoms with Crippen LogP contribution in [0.25, 0.3) is 21.7 Å². The maximum atomic E-state index is 14.8. The highest BCUT2D eigenvalue weighted by Crippen LogP contribution is 2.28. The molecule has 1 aliphatic carbocycles. The first kappa shape index (κ1) is 54.4. The Bertz CT molecular complexity index is 2840. The van der Waals surface area contributed by atoms with Crippen LogP contribution in [0.4, 0.5) is 0 Å². The van der Waals surface area contributed by atoms with E-state index in [1.807, 2.05) is 115 Å². The molecular weight excluding hydrogens is 935 g/mol. The first-order valence-corrected chi connectivity index (χ1v) is 26.1. The van der Waals surface area contributed by atoms with Crippen molar-refractivity contribution in [2.45, 2.75) is 134 Å². The smallest absolute Gasteiger partial charge is 0.243 e. The summed E-state index contributed by atoms with van der Waals surface area (Å²) in [5, 5.41) is 17.3. The maximum absolute atomic E-state index is 14.8. The Balaban J connectivity index is 1.13. The van der Waals surface area contributed by atoms with Crippen molar-refractivity contribution in [1.29, 1.82) is 0 Å². The molecule has 1 saturated carbocycles. The van der Waals surface area contributed by atoms with Crippen LogP contribution in [0.15, 0.2) is 116 Å². The Morgan fingerprint density at radius 3 is 2.03 bits per heavy atom. The number of carbonyl (C=O) groups is 6. The second-order valence-electron chi connectivity index (χ2n) is 19.9. The summed E-state index contributed by atoms with van der Waals surface area (Å²) in [7, 11) is 0. The summed E-state index contributed by atoms with van der Waals surface area (Å²) in [6, 6.07) is 24.3. The van der Waals surface area contributed by atoms with Gasteiger partial charge in [-0.2, -0.15) is 0 Å². The van der Waals surface area contributed by atoms with Gasteiger partial charge < -0.3 is 53.3 Å². The fraction of sp³-hybridized carbons (Fsp3) is 0.421. The minimum atomic E-state index is -1.22. The standard InChI is InChI=1S/C57H73N11O6/c1-3-36(2)51(67-56(73)48(28-37-16-6-4-7-17-37)65-55(72)50(64-53(70)45(59)25-15-27-58)30-41-32-61-46-26-13-12-24-44(41)46)57(74)66-49(29-40-22-14-21-39-20-10-11-23-43(39)40)54(71)63-47(52(60)69)31-42-34-68(35-62-42)33-38-18-8-5-9-19-38/h5,8-14,18-24,26,32,34-37,45,47-51,61H,3-4,6-7,15-17,25,27-31,33,58-59H2,1-2H3,(H2,60,69)(H,63,71)(H,64,70)(H,65,72)(H,66,74)(H,67,73)/t36-,45-,47-,48-,49-,50+,51-/m0/s1. The lowest BCUT2D eigenvalue weighted by molar-refractivity contribution is -0.136. The number of H-pyrrole nitrogens is 1. The van der Waals surface area contributed by atoms with Crippen LogP contribution in [-0.4, -0.2) is 92.8 Å². The molecule has 0 bridgehead atoms. The van der Waals surface area contributed by atoms with Crippen molar-refractivity contribution >= 4 is 57.1 Å². The molecule has 0 saturated heterocycles. The fourth-order valence-corrected chi connectivity index (χ4v) is 9.95. The second-order valence-corrected chi connectivity index (χ2v) is 19.9. The van der Waals surface area contributed by atoms with Gasteiger partial charge in [-0.15, -0.1) is 0 Å². The lowest BCUT2D eigenvalue weighted by Gasteiger charge is -2.31. The second kappa shape index (κ2) is 26.5. The van der Waals surface area contributed by atoms with Crippen molar-refractivity contribution in [2.75, 3.05) is 6.54 Å². The van der Waals surface area contributed by atoms with E-state index in [9.17, 15) is 28.8 Å². The third kappa shape index (κ3) is 14.9. The molecule has 392 valence electrons. The molecule has 12 N–H and O–H groups in total. The van der Waals surface area contributed by atoms with E-state index in [4.69, 9.17) is 17.2 Å². The van der Waals surface area contributed by atoms with Crippen molar-refractivity contribution in [3.8, 4) is 0 Å². The number of aromatic nitrogens is 3. The quantitative estimate of drug-likeness (QED) is 0.0367. The molecule has 2 heterocycles. The van der Waals surface area contributed by atoms with E-state index in [1.54, 1.807) is 18.7 Å². The Kier molecular flexibility index (Phi) is 19.5. The SMILES string of the molecule is CC[C@H](C)[C@H](NC(=O)[C@H](CC1CCCCC1)NC(=O)[C@@H](Cc1c[nH]c2ccccc12)NC(=O)[C@@H](N)CCCN)C(=O)N[C@@H](Cc1cccc2ccccc12)C(=O)N[C@@H](Cc1cn(Cc2ccccc2)cn1)C(N)=O. The summed E-state index contributed by atoms with van der Waals surface area (Å²) in [4.78, 5) is 93.2. The number of fused-ring (bicyclic) bond motifs is 2. The molecule has 17 heteroatoms. The molecule has 7 rings (SSSR count). The molecule has 1 aliphatic rings. The van der Waals surface area contributed by atoms with E-state index in [0.29, 0.717) is 44.5 Å². The van der Waals surface area contributed by atoms with Crippen LogP contribution in [0.1, 0.15) is 94.0 Å². The molecule has 2 aromatic heterocycles. The number of nitrogens with zero attached hydrogens (tertiary/aromatic N) is 2. The van der Waals surface area contributed by atoms with Gasteiger partial charge in [0, 0.05) is 49.1 Å². The highest BCUT2D eigenvalue weighted by Gasteiger charge is 2.36. The van der Waals surface area contributed by atoms with E-state index < -0.39 is 77.6 Å². The van der Waals surface area contributed by atoms with Crippen LogP contribution in [-0.2, 0) is 54.6 Å². The van der Waals surface area contributed by atoms with Gasteiger partial charge in [0.15, 0.2) is 0 Å². The third-order valence-electron chi connectivity index (χ3n) is 14.4. The monoisotopic (exact) mass is 1010 g/mol. The number of hydrogen-bond donors (Lipinski definition) is 9. The molecular formula is C57H73N11O6. The summed E-state index contributed by atoms with van der Waals surface area (Å²) < 4.78 is 1.88. The van der Waals surface area contributed by atoms with E-state index in [-0.39, 0.29) is 25.2 Å². The van der Waals surface area contributed by atoms with Gasteiger partial charge in [-0.25, -0.2) is 4.98 Å². The Morgan fingerprint density at radius 2 is 1.31 bits per heavy atom. The van der Waals surface area contributed by atoms with Crippen molar-refractivity contribution in [3.63, 3.8) is 0 Å². The molecule has 4 aromatic carbocycles. The summed E-state index contributed by atoms with van der Waals surface area (Å²) >= 11 is 0. The number of para-hydroxylation sites is 1. The van der Waals surface area contributed by atoms with Crippen LogP contribution in [0.3, 0.4) is 0 Å². The summed E-state index contributed by atoms with van der Waals surface area (Å²) in [6.07, 6.45) is 11.8. The molecule has 7 atom stereocenters. The number of hydrogen-bond acceptors (Lipinski definition) is 9. The average Bonchev–Trinajstić information content (AvgIpc) is 4.04. The molecule has 0 unspecified atom stereocenters. The lowest BCUT2D eigenvalue weighted by atomic mass is 9.84. The number of imidazole rings is 1. The van der Waals surface area contributed by atoms with Gasteiger partial charge in [0.05, 0.1) is 18.1 Å². The summed E-state index contributed by atoms with van der Waals surface area (Å²) in [5.74, 6) is -4.03. The van der Waals surface area contributed by atoms with E-state index in [2.05, 4.69) is 36.6 Å². The van der Waals surface area contributed by atoms with E-state index in [1.165, 1.54) is 0 Å². The zero-order valence-corrected chi connectivity index (χ0v) is 42.6. The number of carbonyl (C=O) groups excluding carboxylic acids is 6. The van der Waals surface area contributed by atoms with Gasteiger partial charge in [0.1, 0.15) is 30.2 Å². The number of primary amides is 1. The summed E-state index contributed by atoms with van der Waals surface area (Å²) in [6.45, 7) is 4.64. The first-order valence-electron chi connectivity index (χ1n) is 26.1. The summed E-state index contributed by atoms with van der Waals surface area (Å²) in [5.41, 5.74) is 21.9. The van der Waals surface area contributed by atoms with Gasteiger partial charge in [-0.3, -0.25) is 28.8 Å². The largest absolute Gasteiger partial charge is 0.368 e. The number of nitrogens with one attached hydrogen (secondary N) is 6. The molecule has 0 spiro atoms. The zero-order valence-electron chi connectivity index (χ0n) is 42.6. The molecule has 6 amide bonds. The molecule has 74 heavy (non-hydrogen) atoms. The predicted octanol–water partition coefficient (Wildman–Crippen LogP) is 4.59. The van der Waals surface area contributed by atoms with Crippen molar-refractivity contribution in [1.82, 2.24) is 41.1 Å². The van der Waals surface area contributed by atoms with Crippen molar-refractivity contribution in [2.24, 2.45) is 29.0 Å². The van der Waals surface area contributed by atoms with E-state index in [0.717, 1.165) is 70.5 Å². The Labute approximate surface area is 432 Å². The van der Waals surface area contributed by atoms with Crippen LogP contribution in [0, 0.1) is 11.8 Å². The zero-order chi connectivity index (χ0) is 52.6. The fourth-order valence-electron chi connectivity index (χ4n) is 9.95. The molecule has 0 radical (unpaired) electrons. The number of benzene rings is 4. The molecule has 6 aromatic rings. The Hall–Kier alpha value is -7.37. The number of aromatic amines is 1. The predicted molar refractivity (Wildman–Crippen MR) is 287 cm³/mol. The van der Waals surface area contributed by atoms with Crippen LogP contribution in [0.2, 0.25) is 0 Å². The lowest BCUT2D eigenvalue weighted by Crippen LogP contribution is -2.61. The minimum absolute atomic E-state index is 0.00482.